The molecule has 1 heterocycles. The molecule has 0 N–H and O–H groups in total. The summed E-state index contributed by atoms with van der Waals surface area (Å²) in [5, 5.41) is 4.07. The topological polar surface area (TPSA) is 20.3 Å². The summed E-state index contributed by atoms with van der Waals surface area (Å²) in [6, 6.07) is 29.7. The van der Waals surface area contributed by atoms with E-state index in [1.165, 1.54) is 38.8 Å². The van der Waals surface area contributed by atoms with Crippen molar-refractivity contribution in [2.45, 2.75) is 53.6 Å². The highest BCUT2D eigenvalue weighted by molar-refractivity contribution is 7.20. The Morgan fingerprint density at radius 1 is 0.814 bits per heavy atom. The van der Waals surface area contributed by atoms with Crippen LogP contribution in [0.2, 0.25) is 5.02 Å². The Bertz CT molecular complexity index is 1670. The fourth-order valence-electron chi connectivity index (χ4n) is 6.24. The van der Waals surface area contributed by atoms with Crippen LogP contribution in [-0.4, -0.2) is 41.5 Å². The first-order valence-corrected chi connectivity index (χ1v) is 16.4. The van der Waals surface area contributed by atoms with Crippen LogP contribution in [0, 0.1) is 13.8 Å². The molecule has 0 radical (unpaired) electrons. The van der Waals surface area contributed by atoms with E-state index in [1.807, 2.05) is 29.2 Å². The van der Waals surface area contributed by atoms with Crippen molar-refractivity contribution < 1.29 is 26.3 Å². The molecular formula is C37H42BrClN2OS. The zero-order chi connectivity index (χ0) is 29.7. The number of unbranched alkanes of at least 4 members (excludes halogenated alkanes) is 1. The third-order valence-corrected chi connectivity index (χ3v) is 10.1. The van der Waals surface area contributed by atoms with Gasteiger partial charge >= 0.3 is 0 Å². The largest absolute Gasteiger partial charge is 1.00 e. The molecular weight excluding hydrogens is 636 g/mol. The molecule has 0 aliphatic carbocycles. The summed E-state index contributed by atoms with van der Waals surface area (Å²) in [4.78, 5) is 16.8. The number of halogens is 2. The zero-order valence-corrected chi connectivity index (χ0v) is 28.9. The lowest BCUT2D eigenvalue weighted by Crippen LogP contribution is -3.00. The molecule has 0 atom stereocenters. The molecule has 0 saturated carbocycles. The van der Waals surface area contributed by atoms with Gasteiger partial charge in [-0.15, -0.1) is 11.3 Å². The van der Waals surface area contributed by atoms with Crippen molar-refractivity contribution in [1.29, 1.82) is 0 Å². The van der Waals surface area contributed by atoms with Crippen molar-refractivity contribution in [3.8, 4) is 0 Å². The Morgan fingerprint density at radius 3 is 2.23 bits per heavy atom. The average molecular weight is 678 g/mol. The Labute approximate surface area is 276 Å². The van der Waals surface area contributed by atoms with Crippen molar-refractivity contribution in [3.05, 3.63) is 117 Å². The van der Waals surface area contributed by atoms with E-state index in [9.17, 15) is 4.79 Å². The molecule has 3 nitrogen and oxygen atoms in total. The number of thiophene rings is 1. The third kappa shape index (κ3) is 8.07. The molecule has 0 saturated heterocycles. The molecule has 0 spiro atoms. The molecule has 0 bridgehead atoms. The summed E-state index contributed by atoms with van der Waals surface area (Å²) in [7, 11) is 0. The number of quaternary nitrogens is 1. The van der Waals surface area contributed by atoms with Crippen molar-refractivity contribution in [3.63, 3.8) is 0 Å². The number of rotatable bonds is 12. The molecule has 6 heteroatoms. The van der Waals surface area contributed by atoms with Crippen LogP contribution in [-0.2, 0) is 13.1 Å². The fourth-order valence-corrected chi connectivity index (χ4v) is 7.58. The van der Waals surface area contributed by atoms with Crippen LogP contribution in [0.1, 0.15) is 58.6 Å². The van der Waals surface area contributed by atoms with E-state index < -0.39 is 0 Å². The van der Waals surface area contributed by atoms with E-state index in [1.54, 1.807) is 0 Å². The predicted octanol–water partition coefficient (Wildman–Crippen LogP) is 6.81. The third-order valence-electron chi connectivity index (χ3n) is 8.65. The maximum absolute atomic E-state index is 14.0. The Morgan fingerprint density at radius 2 is 1.53 bits per heavy atom. The second kappa shape index (κ2) is 14.9. The van der Waals surface area contributed by atoms with E-state index in [2.05, 4.69) is 88.4 Å². The zero-order valence-electron chi connectivity index (χ0n) is 25.7. The first kappa shape index (κ1) is 33.2. The first-order chi connectivity index (χ1) is 20.3. The van der Waals surface area contributed by atoms with Gasteiger partial charge in [0.2, 0.25) is 0 Å². The monoisotopic (exact) mass is 676 g/mol. The quantitative estimate of drug-likeness (QED) is 0.105. The van der Waals surface area contributed by atoms with Gasteiger partial charge in [-0.25, -0.2) is 0 Å². The van der Waals surface area contributed by atoms with Crippen molar-refractivity contribution in [2.75, 3.05) is 26.2 Å². The minimum atomic E-state index is 0. The van der Waals surface area contributed by atoms with Gasteiger partial charge in [0.05, 0.1) is 24.5 Å². The van der Waals surface area contributed by atoms with Crippen LogP contribution in [0.5, 0.6) is 0 Å². The number of benzene rings is 4. The summed E-state index contributed by atoms with van der Waals surface area (Å²) >= 11 is 8.00. The summed E-state index contributed by atoms with van der Waals surface area (Å²) in [6.07, 6.45) is 2.05. The van der Waals surface area contributed by atoms with Gasteiger partial charge in [0, 0.05) is 33.8 Å². The number of hydrogen-bond donors (Lipinski definition) is 0. The first-order valence-electron chi connectivity index (χ1n) is 15.2. The predicted molar refractivity (Wildman–Crippen MR) is 181 cm³/mol. The molecule has 0 aliphatic heterocycles. The van der Waals surface area contributed by atoms with Crippen molar-refractivity contribution >= 4 is 49.7 Å². The van der Waals surface area contributed by atoms with Crippen molar-refractivity contribution in [2.24, 2.45) is 0 Å². The molecule has 226 valence electrons. The van der Waals surface area contributed by atoms with Gasteiger partial charge in [0.1, 0.15) is 6.54 Å². The summed E-state index contributed by atoms with van der Waals surface area (Å²) < 4.78 is 2.12. The van der Waals surface area contributed by atoms with Crippen LogP contribution in [0.25, 0.3) is 20.9 Å². The fraction of sp³-hybridized carbons (Fsp3) is 0.324. The molecule has 5 rings (SSSR count). The van der Waals surface area contributed by atoms with Crippen LogP contribution in [0.15, 0.2) is 84.9 Å². The van der Waals surface area contributed by atoms with Gasteiger partial charge in [-0.1, -0.05) is 83.4 Å². The van der Waals surface area contributed by atoms with Crippen LogP contribution in [0.4, 0.5) is 0 Å². The number of aryl methyl sites for hydroxylation is 2. The number of hydrogen-bond acceptors (Lipinski definition) is 2. The standard InChI is InChI=1S/C37H42ClN2OS.BrH/c1-5-40(6-2,26-30-21-27(3)20-28(4)22-30)19-10-9-18-39(25-29-16-17-31-12-7-8-13-32(31)23-29)37(41)36-24-33-34(38)14-11-15-35(33)42-36;/h7-8,11-17,20-24H,5-6,9-10,18-19,25-26H2,1-4H3;1H/q+1;/p-1. The second-order valence-electron chi connectivity index (χ2n) is 11.7. The molecule has 0 fully saturated rings. The van der Waals surface area contributed by atoms with E-state index in [-0.39, 0.29) is 22.9 Å². The van der Waals surface area contributed by atoms with Crippen LogP contribution < -0.4 is 17.0 Å². The smallest absolute Gasteiger partial charge is 0.264 e. The molecule has 4 aromatic carbocycles. The lowest BCUT2D eigenvalue weighted by Gasteiger charge is -2.37. The highest BCUT2D eigenvalue weighted by Crippen LogP contribution is 2.32. The molecule has 1 amide bonds. The van der Waals surface area contributed by atoms with Gasteiger partial charge in [0.25, 0.3) is 5.91 Å². The van der Waals surface area contributed by atoms with Gasteiger partial charge in [-0.2, -0.15) is 0 Å². The summed E-state index contributed by atoms with van der Waals surface area (Å²) in [5.41, 5.74) is 5.25. The SMILES string of the molecule is CC[N+](CC)(CCCCN(Cc1ccc2ccccc2c1)C(=O)c1cc2c(Cl)cccc2s1)Cc1cc(C)cc(C)c1.[Br-]. The lowest BCUT2D eigenvalue weighted by molar-refractivity contribution is -0.938. The van der Waals surface area contributed by atoms with E-state index >= 15 is 0 Å². The Balaban J connectivity index is 0.00000423. The normalized spacial score (nSPS) is 11.6. The number of amides is 1. The van der Waals surface area contributed by atoms with Gasteiger partial charge in [0.15, 0.2) is 0 Å². The molecule has 43 heavy (non-hydrogen) atoms. The van der Waals surface area contributed by atoms with Crippen LogP contribution in [0.3, 0.4) is 0 Å². The van der Waals surface area contributed by atoms with E-state index in [0.29, 0.717) is 11.6 Å². The highest BCUT2D eigenvalue weighted by atomic mass is 79.9. The molecule has 5 aromatic rings. The molecule has 0 unspecified atom stereocenters. The summed E-state index contributed by atoms with van der Waals surface area (Å²) in [5.74, 6) is 0.0856. The minimum Gasteiger partial charge on any atom is -1.00 e. The number of nitrogens with zero attached hydrogens (tertiary/aromatic N) is 2. The minimum absolute atomic E-state index is 0. The molecule has 0 aliphatic rings. The highest BCUT2D eigenvalue weighted by Gasteiger charge is 2.25. The van der Waals surface area contributed by atoms with E-state index in [0.717, 1.165) is 70.6 Å². The maximum atomic E-state index is 14.0. The van der Waals surface area contributed by atoms with Gasteiger partial charge < -0.3 is 26.4 Å². The molecule has 1 aromatic heterocycles. The van der Waals surface area contributed by atoms with Crippen molar-refractivity contribution in [1.82, 2.24) is 4.90 Å². The second-order valence-corrected chi connectivity index (χ2v) is 13.2. The Kier molecular flexibility index (Phi) is 11.5. The Hall–Kier alpha value is -2.70. The maximum Gasteiger partial charge on any atom is 0.264 e. The average Bonchev–Trinajstić information content (AvgIpc) is 3.43. The van der Waals surface area contributed by atoms with Gasteiger partial charge in [-0.05, 0) is 81.1 Å². The van der Waals surface area contributed by atoms with Crippen LogP contribution >= 0.6 is 22.9 Å². The number of carbonyl (C=O) groups is 1. The number of fused-ring (bicyclic) bond motifs is 2. The lowest BCUT2D eigenvalue weighted by atomic mass is 10.1. The summed E-state index contributed by atoms with van der Waals surface area (Å²) in [6.45, 7) is 14.7. The number of carbonyl (C=O) groups excluding carboxylic acids is 1. The van der Waals surface area contributed by atoms with E-state index in [4.69, 9.17) is 11.6 Å². The van der Waals surface area contributed by atoms with Gasteiger partial charge in [-0.3, -0.25) is 4.79 Å².